The number of halogens is 2. The van der Waals surface area contributed by atoms with Gasteiger partial charge in [0.15, 0.2) is 0 Å². The maximum Gasteiger partial charge on any atom is 0.255 e. The fourth-order valence-corrected chi connectivity index (χ4v) is 6.10. The van der Waals surface area contributed by atoms with E-state index in [4.69, 9.17) is 38.0 Å². The summed E-state index contributed by atoms with van der Waals surface area (Å²) in [5.41, 5.74) is 4.69. The number of benzene rings is 4. The number of allylic oxidation sites excluding steroid dienone is 1. The summed E-state index contributed by atoms with van der Waals surface area (Å²) in [5.74, 6) is 1.62. The van der Waals surface area contributed by atoms with Crippen molar-refractivity contribution in [3.05, 3.63) is 141 Å². The van der Waals surface area contributed by atoms with Gasteiger partial charge >= 0.3 is 0 Å². The van der Waals surface area contributed by atoms with E-state index in [9.17, 15) is 4.79 Å². The Morgan fingerprint density at radius 1 is 0.907 bits per heavy atom. The van der Waals surface area contributed by atoms with Gasteiger partial charge in [-0.05, 0) is 54.4 Å². The molecule has 6 rings (SSSR count). The number of anilines is 2. The summed E-state index contributed by atoms with van der Waals surface area (Å²) in [5, 5.41) is 13.1. The Bertz CT molecular complexity index is 1790. The Hall–Kier alpha value is -4.24. The van der Waals surface area contributed by atoms with Crippen molar-refractivity contribution in [1.82, 2.24) is 14.8 Å². The predicted octanol–water partition coefficient (Wildman–Crippen LogP) is 8.38. The SMILES string of the molecule is CC1=C(C(=O)Nc2ccccc2)C(c2ccc(OCc3ccccc3Cl)cc2)n2nc(SCc3ccccc3Cl)nc2N1. The molecule has 2 heterocycles. The van der Waals surface area contributed by atoms with Crippen LogP contribution in [0.25, 0.3) is 0 Å². The van der Waals surface area contributed by atoms with E-state index in [0.717, 1.165) is 16.7 Å². The molecular formula is C33H27Cl2N5O2S. The standard InChI is InChI=1S/C33H27Cl2N5O2S/c1-21-29(31(41)37-25-11-3-2-4-12-25)30(22-15-17-26(18-16-22)42-19-23-9-5-7-13-27(23)34)40-32(36-21)38-33(39-40)43-20-24-10-6-8-14-28(24)35/h2-18,30H,19-20H2,1H3,(H,37,41)(H,36,38,39). The number of thioether (sulfide) groups is 1. The Labute approximate surface area is 263 Å². The first-order valence-electron chi connectivity index (χ1n) is 13.6. The zero-order valence-corrected chi connectivity index (χ0v) is 25.5. The van der Waals surface area contributed by atoms with Crippen molar-refractivity contribution < 1.29 is 9.53 Å². The Kier molecular flexibility index (Phi) is 8.69. The predicted molar refractivity (Wildman–Crippen MR) is 173 cm³/mol. The first-order chi connectivity index (χ1) is 21.0. The molecule has 1 aromatic heterocycles. The molecule has 1 aliphatic heterocycles. The molecule has 4 aromatic carbocycles. The van der Waals surface area contributed by atoms with E-state index in [1.165, 1.54) is 11.8 Å². The lowest BCUT2D eigenvalue weighted by Gasteiger charge is -2.28. The van der Waals surface area contributed by atoms with Gasteiger partial charge in [0.1, 0.15) is 18.4 Å². The highest BCUT2D eigenvalue weighted by molar-refractivity contribution is 7.98. The average Bonchev–Trinajstić information content (AvgIpc) is 3.42. The minimum absolute atomic E-state index is 0.230. The first-order valence-corrected chi connectivity index (χ1v) is 15.3. The second-order valence-electron chi connectivity index (χ2n) is 9.88. The monoisotopic (exact) mass is 627 g/mol. The molecule has 1 unspecified atom stereocenters. The van der Waals surface area contributed by atoms with Crippen LogP contribution in [0.3, 0.4) is 0 Å². The summed E-state index contributed by atoms with van der Waals surface area (Å²) in [6.07, 6.45) is 0. The molecule has 0 saturated carbocycles. The van der Waals surface area contributed by atoms with Crippen molar-refractivity contribution in [3.63, 3.8) is 0 Å². The number of fused-ring (bicyclic) bond motifs is 1. The normalized spacial score (nSPS) is 14.2. The summed E-state index contributed by atoms with van der Waals surface area (Å²) in [6.45, 7) is 2.22. The van der Waals surface area contributed by atoms with Crippen molar-refractivity contribution in [1.29, 1.82) is 0 Å². The third kappa shape index (κ3) is 6.57. The van der Waals surface area contributed by atoms with Crippen LogP contribution < -0.4 is 15.4 Å². The molecule has 10 heteroatoms. The third-order valence-corrected chi connectivity index (χ3v) is 8.60. The van der Waals surface area contributed by atoms with Crippen molar-refractivity contribution in [2.45, 2.75) is 30.5 Å². The van der Waals surface area contributed by atoms with Gasteiger partial charge in [0, 0.05) is 32.7 Å². The number of nitrogens with zero attached hydrogens (tertiary/aromatic N) is 3. The second kappa shape index (κ2) is 13.0. The lowest BCUT2D eigenvalue weighted by atomic mass is 9.95. The van der Waals surface area contributed by atoms with E-state index >= 15 is 0 Å². The summed E-state index contributed by atoms with van der Waals surface area (Å²) in [6, 6.07) is 31.8. The van der Waals surface area contributed by atoms with Crippen molar-refractivity contribution >= 4 is 52.5 Å². The molecule has 1 aliphatic rings. The topological polar surface area (TPSA) is 81.1 Å². The number of nitrogens with one attached hydrogen (secondary N) is 2. The molecule has 0 bridgehead atoms. The Morgan fingerprint density at radius 3 is 2.26 bits per heavy atom. The minimum Gasteiger partial charge on any atom is -0.489 e. The highest BCUT2D eigenvalue weighted by Crippen LogP contribution is 2.38. The molecule has 0 spiro atoms. The van der Waals surface area contributed by atoms with Crippen molar-refractivity contribution in [3.8, 4) is 5.75 Å². The number of hydrogen-bond acceptors (Lipinski definition) is 6. The van der Waals surface area contributed by atoms with E-state index in [1.807, 2.05) is 110 Å². The number of rotatable bonds is 9. The highest BCUT2D eigenvalue weighted by Gasteiger charge is 2.34. The number of carbonyl (C=O) groups is 1. The summed E-state index contributed by atoms with van der Waals surface area (Å²) < 4.78 is 7.78. The first kappa shape index (κ1) is 28.9. The smallest absolute Gasteiger partial charge is 0.255 e. The molecule has 0 aliphatic carbocycles. The lowest BCUT2D eigenvalue weighted by Crippen LogP contribution is -2.31. The minimum atomic E-state index is -0.528. The zero-order chi connectivity index (χ0) is 29.8. The number of amides is 1. The molecular weight excluding hydrogens is 601 g/mol. The second-order valence-corrected chi connectivity index (χ2v) is 11.6. The average molecular weight is 629 g/mol. The largest absolute Gasteiger partial charge is 0.489 e. The van der Waals surface area contributed by atoms with Crippen LogP contribution in [0.2, 0.25) is 10.0 Å². The molecule has 1 amide bonds. The van der Waals surface area contributed by atoms with Gasteiger partial charge in [0.25, 0.3) is 5.91 Å². The van der Waals surface area contributed by atoms with Crippen LogP contribution in [0, 0.1) is 0 Å². The molecule has 2 N–H and O–H groups in total. The van der Waals surface area contributed by atoms with Crippen LogP contribution >= 0.6 is 35.0 Å². The molecule has 0 saturated heterocycles. The van der Waals surface area contributed by atoms with Crippen LogP contribution in [0.5, 0.6) is 5.75 Å². The fourth-order valence-electron chi connectivity index (χ4n) is 4.80. The summed E-state index contributed by atoms with van der Waals surface area (Å²) in [7, 11) is 0. The van der Waals surface area contributed by atoms with Gasteiger partial charge in [-0.15, -0.1) is 5.10 Å². The van der Waals surface area contributed by atoms with E-state index in [2.05, 4.69) is 10.6 Å². The van der Waals surface area contributed by atoms with Crippen LogP contribution in [0.1, 0.15) is 29.7 Å². The van der Waals surface area contributed by atoms with Crippen molar-refractivity contribution in [2.24, 2.45) is 0 Å². The van der Waals surface area contributed by atoms with E-state index in [0.29, 0.717) is 56.2 Å². The molecule has 0 radical (unpaired) electrons. The van der Waals surface area contributed by atoms with Gasteiger partial charge in [0.05, 0.1) is 5.57 Å². The fraction of sp³-hybridized carbons (Fsp3) is 0.121. The maximum atomic E-state index is 13.8. The van der Waals surface area contributed by atoms with Gasteiger partial charge < -0.3 is 15.4 Å². The summed E-state index contributed by atoms with van der Waals surface area (Å²) >= 11 is 14.2. The van der Waals surface area contributed by atoms with Gasteiger partial charge in [-0.1, -0.05) is 102 Å². The number of para-hydroxylation sites is 1. The quantitative estimate of drug-likeness (QED) is 0.160. The van der Waals surface area contributed by atoms with E-state index in [1.54, 1.807) is 4.68 Å². The van der Waals surface area contributed by atoms with Crippen molar-refractivity contribution in [2.75, 3.05) is 10.6 Å². The molecule has 0 fully saturated rings. The van der Waals surface area contributed by atoms with E-state index < -0.39 is 6.04 Å². The summed E-state index contributed by atoms with van der Waals surface area (Å²) in [4.78, 5) is 18.5. The van der Waals surface area contributed by atoms with Crippen LogP contribution in [0.4, 0.5) is 11.6 Å². The van der Waals surface area contributed by atoms with Crippen LogP contribution in [-0.2, 0) is 17.2 Å². The van der Waals surface area contributed by atoms with Crippen LogP contribution in [0.15, 0.2) is 120 Å². The third-order valence-electron chi connectivity index (χ3n) is 6.97. The maximum absolute atomic E-state index is 13.8. The van der Waals surface area contributed by atoms with Gasteiger partial charge in [-0.25, -0.2) is 4.68 Å². The number of aromatic nitrogens is 3. The van der Waals surface area contributed by atoms with Crippen LogP contribution in [-0.4, -0.2) is 20.7 Å². The Balaban J connectivity index is 1.30. The highest BCUT2D eigenvalue weighted by atomic mass is 35.5. The Morgan fingerprint density at radius 2 is 1.56 bits per heavy atom. The molecule has 5 aromatic rings. The number of ether oxygens (including phenoxy) is 1. The lowest BCUT2D eigenvalue weighted by molar-refractivity contribution is -0.113. The molecule has 216 valence electrons. The zero-order valence-electron chi connectivity index (χ0n) is 23.1. The van der Waals surface area contributed by atoms with E-state index in [-0.39, 0.29) is 5.91 Å². The number of hydrogen-bond donors (Lipinski definition) is 2. The molecule has 43 heavy (non-hydrogen) atoms. The van der Waals surface area contributed by atoms with Gasteiger partial charge in [0.2, 0.25) is 11.1 Å². The van der Waals surface area contributed by atoms with Gasteiger partial charge in [-0.2, -0.15) is 4.98 Å². The molecule has 1 atom stereocenters. The number of carbonyl (C=O) groups excluding carboxylic acids is 1. The molecule has 7 nitrogen and oxygen atoms in total. The van der Waals surface area contributed by atoms with Gasteiger partial charge in [-0.3, -0.25) is 4.79 Å².